The third-order valence-corrected chi connectivity index (χ3v) is 6.47. The van der Waals surface area contributed by atoms with Gasteiger partial charge in [0.2, 0.25) is 5.91 Å². The summed E-state index contributed by atoms with van der Waals surface area (Å²) in [5.41, 5.74) is 3.26. The number of benzene rings is 2. The zero-order valence-corrected chi connectivity index (χ0v) is 22.0. The minimum absolute atomic E-state index is 0.00496. The van der Waals surface area contributed by atoms with E-state index in [9.17, 15) is 18.4 Å². The van der Waals surface area contributed by atoms with Crippen molar-refractivity contribution < 1.29 is 27.5 Å². The first kappa shape index (κ1) is 26.9. The molecule has 12 heteroatoms. The molecule has 1 N–H and O–H groups in total. The number of nitrogens with zero attached hydrogens (tertiary/aromatic N) is 5. The first-order chi connectivity index (χ1) is 19.3. The Morgan fingerprint density at radius 3 is 2.80 bits per heavy atom. The summed E-state index contributed by atoms with van der Waals surface area (Å²) >= 11 is 0. The van der Waals surface area contributed by atoms with E-state index in [2.05, 4.69) is 26.4 Å². The number of anilines is 2. The fourth-order valence-corrected chi connectivity index (χ4v) is 4.55. The molecule has 10 nitrogen and oxygen atoms in total. The fraction of sp³-hybridized carbons (Fsp3) is 0.286. The van der Waals surface area contributed by atoms with Crippen LogP contribution in [0.1, 0.15) is 29.0 Å². The summed E-state index contributed by atoms with van der Waals surface area (Å²) in [7, 11) is 3.27. The highest BCUT2D eigenvalue weighted by Gasteiger charge is 2.22. The summed E-state index contributed by atoms with van der Waals surface area (Å²) in [4.78, 5) is 28.8. The average molecular weight is 551 g/mol. The van der Waals surface area contributed by atoms with Crippen LogP contribution in [0.25, 0.3) is 16.5 Å². The third kappa shape index (κ3) is 6.11. The summed E-state index contributed by atoms with van der Waals surface area (Å²) in [6, 6.07) is 11.7. The van der Waals surface area contributed by atoms with Crippen LogP contribution in [0.3, 0.4) is 0 Å². The smallest absolute Gasteiger partial charge is 0.387 e. The molecule has 2 amide bonds. The van der Waals surface area contributed by atoms with E-state index in [4.69, 9.17) is 4.42 Å². The SMILES string of the molecule is CN(C)C(=O)c1cc2cc(C3=CCCN(C(=O)CCn4ccnn4)C3)cc(Nc3cccc(OC(F)F)c3)c2o1. The Kier molecular flexibility index (Phi) is 7.76. The predicted molar refractivity (Wildman–Crippen MR) is 144 cm³/mol. The molecular weight excluding hydrogens is 522 g/mol. The molecule has 3 heterocycles. The van der Waals surface area contributed by atoms with E-state index in [1.54, 1.807) is 49.4 Å². The normalized spacial score (nSPS) is 13.4. The zero-order chi connectivity index (χ0) is 28.2. The zero-order valence-electron chi connectivity index (χ0n) is 22.0. The molecule has 4 aromatic rings. The van der Waals surface area contributed by atoms with Crippen molar-refractivity contribution in [3.63, 3.8) is 0 Å². The van der Waals surface area contributed by atoms with Gasteiger partial charge in [-0.1, -0.05) is 17.4 Å². The number of nitrogens with one attached hydrogen (secondary N) is 1. The highest BCUT2D eigenvalue weighted by atomic mass is 19.3. The first-order valence-corrected chi connectivity index (χ1v) is 12.7. The van der Waals surface area contributed by atoms with E-state index in [0.29, 0.717) is 54.8 Å². The number of carbonyl (C=O) groups is 2. The van der Waals surface area contributed by atoms with Gasteiger partial charge < -0.3 is 24.3 Å². The van der Waals surface area contributed by atoms with Crippen molar-refractivity contribution in [2.24, 2.45) is 0 Å². The van der Waals surface area contributed by atoms with Crippen molar-refractivity contribution in [2.75, 3.05) is 32.5 Å². The second kappa shape index (κ2) is 11.6. The third-order valence-electron chi connectivity index (χ3n) is 6.47. The molecular formula is C28H28F2N6O4. The Hall–Kier alpha value is -4.74. The molecule has 0 unspecified atom stereocenters. The van der Waals surface area contributed by atoms with E-state index in [1.807, 2.05) is 17.0 Å². The van der Waals surface area contributed by atoms with Crippen LogP contribution in [0, 0.1) is 0 Å². The van der Waals surface area contributed by atoms with Gasteiger partial charge >= 0.3 is 6.61 Å². The molecule has 5 rings (SSSR count). The number of fused-ring (bicyclic) bond motifs is 1. The Labute approximate surface area is 228 Å². The number of aromatic nitrogens is 3. The number of halogens is 2. The molecule has 2 aromatic heterocycles. The monoisotopic (exact) mass is 550 g/mol. The largest absolute Gasteiger partial charge is 0.449 e. The maximum Gasteiger partial charge on any atom is 0.387 e. The second-order valence-electron chi connectivity index (χ2n) is 9.53. The average Bonchev–Trinajstić information content (AvgIpc) is 3.61. The molecule has 0 radical (unpaired) electrons. The molecule has 1 aliphatic rings. The highest BCUT2D eigenvalue weighted by molar-refractivity contribution is 6.01. The first-order valence-electron chi connectivity index (χ1n) is 12.7. The van der Waals surface area contributed by atoms with Crippen LogP contribution < -0.4 is 10.1 Å². The van der Waals surface area contributed by atoms with Gasteiger partial charge in [0.05, 0.1) is 18.4 Å². The van der Waals surface area contributed by atoms with Gasteiger partial charge in [0, 0.05) is 56.9 Å². The van der Waals surface area contributed by atoms with E-state index >= 15 is 0 Å². The van der Waals surface area contributed by atoms with Gasteiger partial charge in [-0.05, 0) is 47.9 Å². The van der Waals surface area contributed by atoms with Crippen molar-refractivity contribution in [1.82, 2.24) is 24.8 Å². The van der Waals surface area contributed by atoms with Crippen LogP contribution in [0.4, 0.5) is 20.2 Å². The maximum atomic E-state index is 12.9. The number of hydrogen-bond acceptors (Lipinski definition) is 7. The van der Waals surface area contributed by atoms with E-state index in [1.165, 1.54) is 17.0 Å². The second-order valence-corrected chi connectivity index (χ2v) is 9.53. The maximum absolute atomic E-state index is 12.9. The minimum Gasteiger partial charge on any atom is -0.449 e. The van der Waals surface area contributed by atoms with Crippen molar-refractivity contribution in [3.05, 3.63) is 72.3 Å². The van der Waals surface area contributed by atoms with Gasteiger partial charge in [-0.25, -0.2) is 0 Å². The quantitative estimate of drug-likeness (QED) is 0.320. The Balaban J connectivity index is 1.45. The molecule has 2 aromatic carbocycles. The molecule has 40 heavy (non-hydrogen) atoms. The summed E-state index contributed by atoms with van der Waals surface area (Å²) in [5, 5.41) is 11.6. The predicted octanol–water partition coefficient (Wildman–Crippen LogP) is 4.78. The van der Waals surface area contributed by atoms with Gasteiger partial charge in [0.1, 0.15) is 5.75 Å². The van der Waals surface area contributed by atoms with Crippen molar-refractivity contribution in [1.29, 1.82) is 0 Å². The summed E-state index contributed by atoms with van der Waals surface area (Å²) in [6.07, 6.45) is 6.37. The van der Waals surface area contributed by atoms with Crippen LogP contribution in [-0.2, 0) is 11.3 Å². The topological polar surface area (TPSA) is 106 Å². The number of rotatable bonds is 9. The number of alkyl halides is 2. The number of amides is 2. The number of ether oxygens (including phenoxy) is 1. The van der Waals surface area contributed by atoms with Crippen LogP contribution in [0.15, 0.2) is 65.4 Å². The number of carbonyl (C=O) groups excluding carboxylic acids is 2. The van der Waals surface area contributed by atoms with Gasteiger partial charge in [-0.15, -0.1) is 5.10 Å². The minimum atomic E-state index is -2.95. The molecule has 208 valence electrons. The Morgan fingerprint density at radius 1 is 1.20 bits per heavy atom. The van der Waals surface area contributed by atoms with E-state index in [0.717, 1.165) is 11.1 Å². The van der Waals surface area contributed by atoms with E-state index < -0.39 is 6.61 Å². The Bertz CT molecular complexity index is 1550. The van der Waals surface area contributed by atoms with Crippen LogP contribution in [-0.4, -0.2) is 70.4 Å². The van der Waals surface area contributed by atoms with Gasteiger partial charge in [0.25, 0.3) is 5.91 Å². The molecule has 0 fully saturated rings. The summed E-state index contributed by atoms with van der Waals surface area (Å²) in [6.45, 7) is -1.48. The molecule has 0 saturated heterocycles. The molecule has 0 spiro atoms. The van der Waals surface area contributed by atoms with Crippen LogP contribution >= 0.6 is 0 Å². The van der Waals surface area contributed by atoms with Gasteiger partial charge in [-0.3, -0.25) is 14.3 Å². The lowest BCUT2D eigenvalue weighted by Crippen LogP contribution is -2.35. The summed E-state index contributed by atoms with van der Waals surface area (Å²) in [5.74, 6) is -0.113. The lowest BCUT2D eigenvalue weighted by Gasteiger charge is -2.28. The Morgan fingerprint density at radius 2 is 2.05 bits per heavy atom. The number of hydrogen-bond donors (Lipinski definition) is 1. The van der Waals surface area contributed by atoms with Crippen molar-refractivity contribution in [2.45, 2.75) is 26.0 Å². The lowest BCUT2D eigenvalue weighted by molar-refractivity contribution is -0.131. The van der Waals surface area contributed by atoms with Crippen molar-refractivity contribution in [3.8, 4) is 5.75 Å². The standard InChI is InChI=1S/C28H28F2N6O4/c1-34(2)27(38)24-15-20-13-19(18-5-4-10-35(17-18)25(37)8-11-36-12-9-31-33-36)14-23(26(20)40-24)32-21-6-3-7-22(16-21)39-28(29)30/h3,5-7,9,12-16,28,32H,4,8,10-11,17H2,1-2H3. The number of aryl methyl sites for hydroxylation is 1. The number of furan rings is 1. The molecule has 0 saturated carbocycles. The highest BCUT2D eigenvalue weighted by Crippen LogP contribution is 2.35. The fourth-order valence-electron chi connectivity index (χ4n) is 4.55. The molecule has 1 aliphatic heterocycles. The lowest BCUT2D eigenvalue weighted by atomic mass is 9.98. The van der Waals surface area contributed by atoms with Crippen molar-refractivity contribution >= 4 is 39.7 Å². The van der Waals surface area contributed by atoms with Gasteiger partial charge in [0.15, 0.2) is 11.3 Å². The molecule has 0 bridgehead atoms. The summed E-state index contributed by atoms with van der Waals surface area (Å²) < 4.78 is 37.6. The van der Waals surface area contributed by atoms with Gasteiger partial charge in [-0.2, -0.15) is 8.78 Å². The molecule has 0 atom stereocenters. The van der Waals surface area contributed by atoms with E-state index in [-0.39, 0.29) is 23.3 Å². The van der Waals surface area contributed by atoms with Crippen LogP contribution in [0.2, 0.25) is 0 Å². The van der Waals surface area contributed by atoms with Crippen LogP contribution in [0.5, 0.6) is 5.75 Å². The molecule has 0 aliphatic carbocycles.